The molecule has 0 aliphatic rings. The van der Waals surface area contributed by atoms with Crippen LogP contribution >= 0.6 is 23.2 Å². The van der Waals surface area contributed by atoms with Crippen LogP contribution in [0.4, 0.5) is 0 Å². The van der Waals surface area contributed by atoms with Crippen LogP contribution in [-0.4, -0.2) is 19.2 Å². The molecule has 7 heteroatoms. The Morgan fingerprint density at radius 3 is 2.71 bits per heavy atom. The van der Waals surface area contributed by atoms with Crippen LogP contribution in [0.1, 0.15) is 6.92 Å². The van der Waals surface area contributed by atoms with Crippen LogP contribution in [-0.2, 0) is 10.1 Å². The first-order chi connectivity index (χ1) is 6.44. The van der Waals surface area contributed by atoms with Crippen LogP contribution in [0.5, 0.6) is 5.75 Å². The van der Waals surface area contributed by atoms with Crippen LogP contribution in [0.3, 0.4) is 0 Å². The number of rotatable bonds is 3. The SMILES string of the molecule is CCS(=O)(=O)Oc1cc(Cl)ncc1Cl. The zero-order valence-electron chi connectivity index (χ0n) is 7.20. The second-order valence-corrected chi connectivity index (χ2v) is 5.02. The van der Waals surface area contributed by atoms with Crippen molar-refractivity contribution in [2.24, 2.45) is 0 Å². The second kappa shape index (κ2) is 4.33. The highest BCUT2D eigenvalue weighted by Gasteiger charge is 2.12. The van der Waals surface area contributed by atoms with Gasteiger partial charge in [-0.25, -0.2) is 4.98 Å². The van der Waals surface area contributed by atoms with Gasteiger partial charge in [0.2, 0.25) is 0 Å². The van der Waals surface area contributed by atoms with Crippen molar-refractivity contribution in [3.8, 4) is 5.75 Å². The lowest BCUT2D eigenvalue weighted by molar-refractivity contribution is 0.487. The van der Waals surface area contributed by atoms with E-state index in [1.807, 2.05) is 0 Å². The minimum Gasteiger partial charge on any atom is -0.381 e. The van der Waals surface area contributed by atoms with Crippen molar-refractivity contribution in [1.82, 2.24) is 4.98 Å². The summed E-state index contributed by atoms with van der Waals surface area (Å²) in [6.07, 6.45) is 1.23. The standard InChI is InChI=1S/C7H7Cl2NO3S/c1-2-14(11,12)13-6-3-7(9)10-4-5(6)8/h3-4H,2H2,1H3. The van der Waals surface area contributed by atoms with Crippen LogP contribution in [0.25, 0.3) is 0 Å². The maximum Gasteiger partial charge on any atom is 0.308 e. The van der Waals surface area contributed by atoms with E-state index in [2.05, 4.69) is 9.17 Å². The van der Waals surface area contributed by atoms with Crippen LogP contribution in [0, 0.1) is 0 Å². The molecule has 0 unspecified atom stereocenters. The third-order valence-corrected chi connectivity index (χ3v) is 2.99. The molecule has 0 aliphatic carbocycles. The number of aromatic nitrogens is 1. The van der Waals surface area contributed by atoms with Crippen LogP contribution in [0.15, 0.2) is 12.3 Å². The van der Waals surface area contributed by atoms with Crippen LogP contribution < -0.4 is 4.18 Å². The van der Waals surface area contributed by atoms with Gasteiger partial charge in [0.1, 0.15) is 10.2 Å². The minimum atomic E-state index is -3.58. The highest BCUT2D eigenvalue weighted by atomic mass is 35.5. The van der Waals surface area contributed by atoms with E-state index in [1.165, 1.54) is 19.2 Å². The average molecular weight is 256 g/mol. The fourth-order valence-electron chi connectivity index (χ4n) is 0.656. The lowest BCUT2D eigenvalue weighted by atomic mass is 10.5. The van der Waals surface area contributed by atoms with Gasteiger partial charge in [0, 0.05) is 6.07 Å². The second-order valence-electron chi connectivity index (χ2n) is 2.37. The molecule has 4 nitrogen and oxygen atoms in total. The third-order valence-electron chi connectivity index (χ3n) is 1.36. The largest absolute Gasteiger partial charge is 0.381 e. The summed E-state index contributed by atoms with van der Waals surface area (Å²) >= 11 is 11.2. The number of halogens is 2. The van der Waals surface area contributed by atoms with Gasteiger partial charge in [0.25, 0.3) is 0 Å². The number of pyridine rings is 1. The predicted molar refractivity (Wildman–Crippen MR) is 54.3 cm³/mol. The Kier molecular flexibility index (Phi) is 3.58. The van der Waals surface area contributed by atoms with Crippen molar-refractivity contribution in [3.05, 3.63) is 22.4 Å². The molecule has 0 aromatic carbocycles. The van der Waals surface area contributed by atoms with Crippen molar-refractivity contribution in [3.63, 3.8) is 0 Å². The molecule has 78 valence electrons. The summed E-state index contributed by atoms with van der Waals surface area (Å²) in [4.78, 5) is 3.65. The van der Waals surface area contributed by atoms with E-state index < -0.39 is 10.1 Å². The summed E-state index contributed by atoms with van der Waals surface area (Å²) in [5, 5.41) is 0.224. The molecule has 0 amide bonds. The summed E-state index contributed by atoms with van der Waals surface area (Å²) < 4.78 is 26.9. The quantitative estimate of drug-likeness (QED) is 0.614. The lowest BCUT2D eigenvalue weighted by Crippen LogP contribution is -2.11. The average Bonchev–Trinajstić information content (AvgIpc) is 2.11. The molecule has 0 aliphatic heterocycles. The Morgan fingerprint density at radius 2 is 2.14 bits per heavy atom. The fourth-order valence-corrected chi connectivity index (χ4v) is 1.52. The molecule has 14 heavy (non-hydrogen) atoms. The minimum absolute atomic E-state index is 0.00600. The van der Waals surface area contributed by atoms with E-state index >= 15 is 0 Å². The topological polar surface area (TPSA) is 56.3 Å². The maximum absolute atomic E-state index is 11.1. The van der Waals surface area contributed by atoms with Gasteiger partial charge in [-0.2, -0.15) is 8.42 Å². The molecule has 1 aromatic rings. The molecule has 0 bridgehead atoms. The molecule has 1 aromatic heterocycles. The smallest absolute Gasteiger partial charge is 0.308 e. The van der Waals surface area contributed by atoms with E-state index in [1.54, 1.807) is 0 Å². The molecule has 0 fully saturated rings. The molecule has 0 radical (unpaired) electrons. The number of hydrogen-bond donors (Lipinski definition) is 0. The van der Waals surface area contributed by atoms with Gasteiger partial charge in [-0.1, -0.05) is 23.2 Å². The van der Waals surface area contributed by atoms with E-state index in [9.17, 15) is 8.42 Å². The van der Waals surface area contributed by atoms with Gasteiger partial charge in [0.15, 0.2) is 5.75 Å². The first-order valence-electron chi connectivity index (χ1n) is 3.68. The van der Waals surface area contributed by atoms with Gasteiger partial charge in [-0.05, 0) is 6.92 Å². The summed E-state index contributed by atoms with van der Waals surface area (Å²) in [6.45, 7) is 1.46. The van der Waals surface area contributed by atoms with Crippen molar-refractivity contribution in [2.75, 3.05) is 5.75 Å². The molecule has 0 saturated heterocycles. The molecule has 1 rings (SSSR count). The van der Waals surface area contributed by atoms with E-state index in [4.69, 9.17) is 23.2 Å². The van der Waals surface area contributed by atoms with Crippen molar-refractivity contribution in [2.45, 2.75) is 6.92 Å². The summed E-state index contributed by atoms with van der Waals surface area (Å²) in [5.74, 6) is -0.142. The highest BCUT2D eigenvalue weighted by Crippen LogP contribution is 2.26. The molecular formula is C7H7Cl2NO3S. The van der Waals surface area contributed by atoms with Crippen LogP contribution in [0.2, 0.25) is 10.2 Å². The highest BCUT2D eigenvalue weighted by molar-refractivity contribution is 7.87. The van der Waals surface area contributed by atoms with Crippen molar-refractivity contribution < 1.29 is 12.6 Å². The summed E-state index contributed by atoms with van der Waals surface area (Å²) in [6, 6.07) is 1.25. The number of nitrogens with zero attached hydrogens (tertiary/aromatic N) is 1. The molecule has 0 spiro atoms. The Labute approximate surface area is 91.9 Å². The zero-order chi connectivity index (χ0) is 10.8. The van der Waals surface area contributed by atoms with Gasteiger partial charge in [-0.15, -0.1) is 0 Å². The third kappa shape index (κ3) is 3.01. The zero-order valence-corrected chi connectivity index (χ0v) is 9.53. The molecule has 0 saturated carbocycles. The van der Waals surface area contributed by atoms with E-state index in [0.717, 1.165) is 0 Å². The van der Waals surface area contributed by atoms with E-state index in [0.29, 0.717) is 0 Å². The fraction of sp³-hybridized carbons (Fsp3) is 0.286. The first kappa shape index (κ1) is 11.6. The Bertz CT molecular complexity index is 433. The Morgan fingerprint density at radius 1 is 1.50 bits per heavy atom. The first-order valence-corrected chi connectivity index (χ1v) is 6.01. The molecule has 0 N–H and O–H groups in total. The molecule has 0 atom stereocenters. The van der Waals surface area contributed by atoms with Crippen molar-refractivity contribution in [1.29, 1.82) is 0 Å². The Balaban J connectivity index is 3.03. The monoisotopic (exact) mass is 255 g/mol. The van der Waals surface area contributed by atoms with Gasteiger partial charge >= 0.3 is 10.1 Å². The van der Waals surface area contributed by atoms with E-state index in [-0.39, 0.29) is 21.7 Å². The number of hydrogen-bond acceptors (Lipinski definition) is 4. The van der Waals surface area contributed by atoms with Gasteiger partial charge in [-0.3, -0.25) is 0 Å². The summed E-state index contributed by atoms with van der Waals surface area (Å²) in [5.41, 5.74) is 0. The predicted octanol–water partition coefficient (Wildman–Crippen LogP) is 2.12. The lowest BCUT2D eigenvalue weighted by Gasteiger charge is -2.05. The van der Waals surface area contributed by atoms with Crippen molar-refractivity contribution >= 4 is 33.3 Å². The van der Waals surface area contributed by atoms with Gasteiger partial charge in [0.05, 0.1) is 11.9 Å². The normalized spacial score (nSPS) is 11.4. The summed E-state index contributed by atoms with van der Waals surface area (Å²) in [7, 11) is -3.58. The molecular weight excluding hydrogens is 249 g/mol. The van der Waals surface area contributed by atoms with Gasteiger partial charge < -0.3 is 4.18 Å². The Hall–Kier alpha value is -0.520. The molecule has 1 heterocycles. The maximum atomic E-state index is 11.1.